The van der Waals surface area contributed by atoms with Crippen LogP contribution >= 0.6 is 11.3 Å². The summed E-state index contributed by atoms with van der Waals surface area (Å²) in [4.78, 5) is 10.6. The van der Waals surface area contributed by atoms with Crippen LogP contribution in [0.25, 0.3) is 21.6 Å². The predicted molar refractivity (Wildman–Crippen MR) is 84.3 cm³/mol. The average Bonchev–Trinajstić information content (AvgIpc) is 3.14. The Morgan fingerprint density at radius 1 is 1.48 bits per heavy atom. The zero-order chi connectivity index (χ0) is 14.4. The van der Waals surface area contributed by atoms with Gasteiger partial charge in [0, 0.05) is 34.0 Å². The molecule has 21 heavy (non-hydrogen) atoms. The van der Waals surface area contributed by atoms with Crippen molar-refractivity contribution in [3.8, 4) is 10.6 Å². The molecule has 0 spiro atoms. The monoisotopic (exact) mass is 299 g/mol. The number of pyridine rings is 1. The maximum absolute atomic E-state index is 6.01. The first kappa shape index (κ1) is 12.9. The molecule has 0 saturated heterocycles. The van der Waals surface area contributed by atoms with E-state index in [9.17, 15) is 0 Å². The molecule has 1 aliphatic carbocycles. The molecule has 3 N–H and O–H groups in total. The van der Waals surface area contributed by atoms with Crippen molar-refractivity contribution in [3.05, 3.63) is 29.0 Å². The van der Waals surface area contributed by atoms with Gasteiger partial charge in [-0.2, -0.15) is 5.10 Å². The van der Waals surface area contributed by atoms with Crippen LogP contribution in [-0.2, 0) is 11.8 Å². The van der Waals surface area contributed by atoms with Gasteiger partial charge in [-0.1, -0.05) is 6.92 Å². The minimum Gasteiger partial charge on any atom is -0.330 e. The van der Waals surface area contributed by atoms with Crippen molar-refractivity contribution in [2.45, 2.75) is 31.6 Å². The molecule has 3 heterocycles. The van der Waals surface area contributed by atoms with Crippen molar-refractivity contribution in [3.63, 3.8) is 0 Å². The highest BCUT2D eigenvalue weighted by Crippen LogP contribution is 2.42. The molecule has 1 atom stereocenters. The molecule has 0 aromatic carbocycles. The lowest BCUT2D eigenvalue weighted by Crippen LogP contribution is -2.35. The van der Waals surface area contributed by atoms with Gasteiger partial charge < -0.3 is 5.73 Å². The predicted octanol–water partition coefficient (Wildman–Crippen LogP) is 2.63. The number of H-pyrrole nitrogens is 1. The van der Waals surface area contributed by atoms with Gasteiger partial charge in [0.15, 0.2) is 5.65 Å². The first-order valence-corrected chi connectivity index (χ1v) is 8.02. The number of hydrogen-bond donors (Lipinski definition) is 2. The van der Waals surface area contributed by atoms with Crippen molar-refractivity contribution in [1.29, 1.82) is 0 Å². The zero-order valence-electron chi connectivity index (χ0n) is 11.9. The number of aromatic nitrogens is 4. The largest absolute Gasteiger partial charge is 0.330 e. The first-order chi connectivity index (χ1) is 10.2. The Labute approximate surface area is 126 Å². The Kier molecular flexibility index (Phi) is 2.83. The summed E-state index contributed by atoms with van der Waals surface area (Å²) in [5, 5.41) is 9.08. The second-order valence-corrected chi connectivity index (χ2v) is 6.98. The number of aryl methyl sites for hydroxylation is 1. The number of nitrogens with one attached hydrogen (secondary N) is 1. The van der Waals surface area contributed by atoms with Gasteiger partial charge in [0.2, 0.25) is 0 Å². The smallest absolute Gasteiger partial charge is 0.155 e. The van der Waals surface area contributed by atoms with Crippen molar-refractivity contribution in [2.75, 3.05) is 6.54 Å². The summed E-state index contributed by atoms with van der Waals surface area (Å²) >= 11 is 1.79. The van der Waals surface area contributed by atoms with Crippen molar-refractivity contribution in [1.82, 2.24) is 20.2 Å². The van der Waals surface area contributed by atoms with Crippen LogP contribution in [0.4, 0.5) is 0 Å². The van der Waals surface area contributed by atoms with E-state index in [0.29, 0.717) is 6.54 Å². The second-order valence-electron chi connectivity index (χ2n) is 5.90. The topological polar surface area (TPSA) is 80.5 Å². The highest BCUT2D eigenvalue weighted by Gasteiger charge is 2.34. The molecule has 4 rings (SSSR count). The van der Waals surface area contributed by atoms with E-state index in [4.69, 9.17) is 10.7 Å². The maximum atomic E-state index is 6.01. The summed E-state index contributed by atoms with van der Waals surface area (Å²) in [5.41, 5.74) is 9.14. The molecule has 3 aromatic heterocycles. The first-order valence-electron chi connectivity index (χ1n) is 7.20. The third-order valence-corrected chi connectivity index (χ3v) is 5.59. The lowest BCUT2D eigenvalue weighted by Gasteiger charge is -2.31. The van der Waals surface area contributed by atoms with E-state index < -0.39 is 0 Å². The number of aromatic amines is 1. The minimum absolute atomic E-state index is 0.0187. The van der Waals surface area contributed by atoms with Gasteiger partial charge in [-0.3, -0.25) is 5.10 Å². The number of hydrogen-bond acceptors (Lipinski definition) is 5. The molecule has 0 radical (unpaired) electrons. The zero-order valence-corrected chi connectivity index (χ0v) is 12.7. The molecule has 0 fully saturated rings. The number of nitrogens with two attached hydrogens (primary N) is 1. The van der Waals surface area contributed by atoms with Crippen LogP contribution in [-0.4, -0.2) is 26.7 Å². The molecule has 0 aliphatic heterocycles. The van der Waals surface area contributed by atoms with Crippen LogP contribution in [0.2, 0.25) is 0 Å². The van der Waals surface area contributed by atoms with Gasteiger partial charge in [0.1, 0.15) is 5.01 Å². The minimum atomic E-state index is 0.0187. The van der Waals surface area contributed by atoms with E-state index in [0.717, 1.165) is 34.4 Å². The summed E-state index contributed by atoms with van der Waals surface area (Å²) in [6.07, 6.45) is 7.05. The van der Waals surface area contributed by atoms with Crippen molar-refractivity contribution >= 4 is 22.4 Å². The third-order valence-electron chi connectivity index (χ3n) is 4.44. The van der Waals surface area contributed by atoms with E-state index in [-0.39, 0.29) is 5.41 Å². The van der Waals surface area contributed by atoms with E-state index in [1.54, 1.807) is 17.5 Å². The van der Waals surface area contributed by atoms with E-state index >= 15 is 0 Å². The highest BCUT2D eigenvalue weighted by molar-refractivity contribution is 7.15. The number of rotatable bonds is 2. The molecule has 0 amide bonds. The molecular formula is C15H17N5S. The lowest BCUT2D eigenvalue weighted by atomic mass is 9.77. The van der Waals surface area contributed by atoms with Gasteiger partial charge in [0.25, 0.3) is 0 Å². The Morgan fingerprint density at radius 2 is 2.38 bits per heavy atom. The van der Waals surface area contributed by atoms with Gasteiger partial charge in [-0.15, -0.1) is 11.3 Å². The fourth-order valence-corrected chi connectivity index (χ4v) is 4.40. The van der Waals surface area contributed by atoms with E-state index in [2.05, 4.69) is 22.1 Å². The van der Waals surface area contributed by atoms with Crippen molar-refractivity contribution < 1.29 is 0 Å². The molecule has 1 aliphatic rings. The summed E-state index contributed by atoms with van der Waals surface area (Å²) in [6, 6.07) is 2.02. The van der Waals surface area contributed by atoms with Gasteiger partial charge in [-0.05, 0) is 25.3 Å². The normalized spacial score (nSPS) is 21.6. The summed E-state index contributed by atoms with van der Waals surface area (Å²) < 4.78 is 0. The van der Waals surface area contributed by atoms with Crippen LogP contribution < -0.4 is 5.73 Å². The molecule has 1 unspecified atom stereocenters. The van der Waals surface area contributed by atoms with Crippen molar-refractivity contribution in [2.24, 2.45) is 5.73 Å². The number of fused-ring (bicyclic) bond motifs is 2. The summed E-state index contributed by atoms with van der Waals surface area (Å²) in [5.74, 6) is 0. The maximum Gasteiger partial charge on any atom is 0.155 e. The van der Waals surface area contributed by atoms with Crippen LogP contribution in [0.5, 0.6) is 0 Å². The molecule has 0 bridgehead atoms. The van der Waals surface area contributed by atoms with Crippen LogP contribution in [0.3, 0.4) is 0 Å². The standard InChI is InChI=1S/C15H17N5S/c1-15(8-16)5-2-3-11-12(15)19-14(21-11)9-4-6-17-13-10(9)7-18-20-13/h4,6-7H,2-3,5,8,16H2,1H3,(H,17,18,20). The van der Waals surface area contributed by atoms with Gasteiger partial charge in [0.05, 0.1) is 11.9 Å². The summed E-state index contributed by atoms with van der Waals surface area (Å²) in [7, 11) is 0. The molecular weight excluding hydrogens is 282 g/mol. The Morgan fingerprint density at radius 3 is 3.24 bits per heavy atom. The van der Waals surface area contributed by atoms with Gasteiger partial charge in [-0.25, -0.2) is 9.97 Å². The van der Waals surface area contributed by atoms with E-state index in [1.165, 1.54) is 17.0 Å². The molecule has 5 nitrogen and oxygen atoms in total. The Bertz CT molecular complexity index is 805. The molecule has 108 valence electrons. The molecule has 3 aromatic rings. The van der Waals surface area contributed by atoms with Crippen LogP contribution in [0, 0.1) is 0 Å². The third kappa shape index (κ3) is 1.90. The molecule has 6 heteroatoms. The lowest BCUT2D eigenvalue weighted by molar-refractivity contribution is 0.397. The Balaban J connectivity index is 1.90. The fourth-order valence-electron chi connectivity index (χ4n) is 3.10. The quantitative estimate of drug-likeness (QED) is 0.762. The fraction of sp³-hybridized carbons (Fsp3) is 0.400. The van der Waals surface area contributed by atoms with Gasteiger partial charge >= 0.3 is 0 Å². The van der Waals surface area contributed by atoms with E-state index in [1.807, 2.05) is 12.3 Å². The number of nitrogens with zero attached hydrogens (tertiary/aromatic N) is 3. The second kappa shape index (κ2) is 4.61. The summed E-state index contributed by atoms with van der Waals surface area (Å²) in [6.45, 7) is 2.88. The number of thiazole rings is 1. The highest BCUT2D eigenvalue weighted by atomic mass is 32.1. The molecule has 0 saturated carbocycles. The SMILES string of the molecule is CC1(CN)CCCc2sc(-c3ccnc4[nH]ncc34)nc21. The average molecular weight is 299 g/mol. The van der Waals surface area contributed by atoms with Crippen LogP contribution in [0.15, 0.2) is 18.5 Å². The Hall–Kier alpha value is -1.79. The van der Waals surface area contributed by atoms with Crippen LogP contribution in [0.1, 0.15) is 30.3 Å².